The molecule has 0 aromatic heterocycles. The molecule has 0 saturated heterocycles. The Morgan fingerprint density at radius 3 is 2.45 bits per heavy atom. The first-order valence-corrected chi connectivity index (χ1v) is 11.0. The first kappa shape index (κ1) is 20.5. The fourth-order valence-corrected chi connectivity index (χ4v) is 4.65. The molecule has 0 aliphatic carbocycles. The minimum Gasteiger partial charge on any atom is -0.308 e. The van der Waals surface area contributed by atoms with Crippen LogP contribution in [0.1, 0.15) is 21.5 Å². The van der Waals surface area contributed by atoms with Gasteiger partial charge < -0.3 is 4.90 Å². The lowest BCUT2D eigenvalue weighted by Gasteiger charge is -2.17. The van der Waals surface area contributed by atoms with Crippen molar-refractivity contribution >= 4 is 33.0 Å². The van der Waals surface area contributed by atoms with Crippen LogP contribution in [0.5, 0.6) is 0 Å². The van der Waals surface area contributed by atoms with Crippen molar-refractivity contribution in [3.8, 4) is 0 Å². The molecule has 3 aromatic rings. The first-order valence-electron chi connectivity index (χ1n) is 9.54. The number of hydrogen-bond acceptors (Lipinski definition) is 5. The Balaban J connectivity index is 1.57. The van der Waals surface area contributed by atoms with Crippen molar-refractivity contribution in [2.75, 3.05) is 16.2 Å². The van der Waals surface area contributed by atoms with Crippen molar-refractivity contribution in [3.05, 3.63) is 93.5 Å². The van der Waals surface area contributed by atoms with E-state index < -0.39 is 14.9 Å². The number of non-ortho nitro benzene ring substituents is 1. The number of benzene rings is 3. The molecule has 31 heavy (non-hydrogen) atoms. The van der Waals surface area contributed by atoms with Crippen LogP contribution in [0.2, 0.25) is 0 Å². The lowest BCUT2D eigenvalue weighted by atomic mass is 10.1. The lowest BCUT2D eigenvalue weighted by Crippen LogP contribution is -2.29. The van der Waals surface area contributed by atoms with E-state index in [0.29, 0.717) is 29.9 Å². The number of carbonyl (C=O) groups excluding carboxylic acids is 1. The van der Waals surface area contributed by atoms with E-state index in [4.69, 9.17) is 0 Å². The Bertz CT molecular complexity index is 1290. The quantitative estimate of drug-likeness (QED) is 0.481. The molecule has 3 aromatic carbocycles. The van der Waals surface area contributed by atoms with Crippen LogP contribution in [0.3, 0.4) is 0 Å². The summed E-state index contributed by atoms with van der Waals surface area (Å²) in [6.45, 7) is 2.21. The molecule has 1 N–H and O–H groups in total. The number of nitrogens with zero attached hydrogens (tertiary/aromatic N) is 2. The maximum atomic E-state index is 13.0. The molecule has 1 aliphatic heterocycles. The van der Waals surface area contributed by atoms with Crippen LogP contribution in [0.4, 0.5) is 17.1 Å². The number of nitro benzene ring substituents is 1. The van der Waals surface area contributed by atoms with E-state index in [9.17, 15) is 23.3 Å². The second kappa shape index (κ2) is 7.84. The molecule has 158 valence electrons. The van der Waals surface area contributed by atoms with Crippen molar-refractivity contribution in [2.45, 2.75) is 18.2 Å². The van der Waals surface area contributed by atoms with Crippen molar-refractivity contribution in [1.82, 2.24) is 0 Å². The summed E-state index contributed by atoms with van der Waals surface area (Å²) in [5.74, 6) is -0.338. The molecule has 1 heterocycles. The van der Waals surface area contributed by atoms with Crippen molar-refractivity contribution in [1.29, 1.82) is 0 Å². The monoisotopic (exact) mass is 437 g/mol. The number of para-hydroxylation sites is 1. The van der Waals surface area contributed by atoms with Crippen LogP contribution in [0.25, 0.3) is 0 Å². The number of sulfonamides is 1. The number of nitro groups is 1. The first-order chi connectivity index (χ1) is 14.8. The molecule has 1 amide bonds. The Morgan fingerprint density at radius 1 is 1.06 bits per heavy atom. The van der Waals surface area contributed by atoms with Gasteiger partial charge in [0.25, 0.3) is 21.6 Å². The molecule has 1 aliphatic rings. The maximum absolute atomic E-state index is 13.0. The number of carbonyl (C=O) groups is 1. The summed E-state index contributed by atoms with van der Waals surface area (Å²) in [6, 6.07) is 17.2. The smallest absolute Gasteiger partial charge is 0.271 e. The maximum Gasteiger partial charge on any atom is 0.271 e. The number of nitrogens with one attached hydrogen (secondary N) is 1. The van der Waals surface area contributed by atoms with Gasteiger partial charge in [0, 0.05) is 24.2 Å². The van der Waals surface area contributed by atoms with Crippen molar-refractivity contribution in [3.63, 3.8) is 0 Å². The summed E-state index contributed by atoms with van der Waals surface area (Å²) < 4.78 is 27.9. The van der Waals surface area contributed by atoms with Gasteiger partial charge in [0.05, 0.1) is 21.2 Å². The van der Waals surface area contributed by atoms with E-state index in [1.54, 1.807) is 31.2 Å². The van der Waals surface area contributed by atoms with E-state index in [0.717, 1.165) is 11.1 Å². The molecule has 4 rings (SSSR count). The average molecular weight is 437 g/mol. The SMILES string of the molecule is Cc1ccccc1NS(=O)(=O)c1ccc(C(=O)N2CCc3ccc([N+](=O)[O-])cc32)cc1. The summed E-state index contributed by atoms with van der Waals surface area (Å²) in [6.07, 6.45) is 0.603. The topological polar surface area (TPSA) is 110 Å². The Kier molecular flexibility index (Phi) is 5.20. The van der Waals surface area contributed by atoms with Crippen LogP contribution in [-0.4, -0.2) is 25.8 Å². The number of hydrogen-bond donors (Lipinski definition) is 1. The average Bonchev–Trinajstić information content (AvgIpc) is 3.18. The van der Waals surface area contributed by atoms with Gasteiger partial charge in [0.15, 0.2) is 0 Å². The van der Waals surface area contributed by atoms with E-state index in [-0.39, 0.29) is 16.5 Å². The highest BCUT2D eigenvalue weighted by molar-refractivity contribution is 7.92. The summed E-state index contributed by atoms with van der Waals surface area (Å²) in [5, 5.41) is 11.1. The molecular formula is C22H19N3O5S. The standard InChI is InChI=1S/C22H19N3O5S/c1-15-4-2-3-5-20(15)23-31(29,30)19-10-7-17(8-11-19)22(26)24-13-12-16-6-9-18(25(27)28)14-21(16)24/h2-11,14,23H,12-13H2,1H3. The third-order valence-corrected chi connectivity index (χ3v) is 6.60. The second-order valence-corrected chi connectivity index (χ2v) is 8.90. The predicted molar refractivity (Wildman–Crippen MR) is 117 cm³/mol. The van der Waals surface area contributed by atoms with Gasteiger partial charge in [-0.15, -0.1) is 0 Å². The molecule has 0 radical (unpaired) electrons. The van der Waals surface area contributed by atoms with Gasteiger partial charge in [-0.25, -0.2) is 8.42 Å². The van der Waals surface area contributed by atoms with Gasteiger partial charge in [0.1, 0.15) is 0 Å². The molecule has 0 spiro atoms. The van der Waals surface area contributed by atoms with E-state index in [1.165, 1.54) is 41.3 Å². The zero-order valence-corrected chi connectivity index (χ0v) is 17.4. The molecule has 0 saturated carbocycles. The highest BCUT2D eigenvalue weighted by Gasteiger charge is 2.28. The molecule has 0 unspecified atom stereocenters. The zero-order valence-electron chi connectivity index (χ0n) is 16.6. The van der Waals surface area contributed by atoms with Crippen molar-refractivity contribution in [2.24, 2.45) is 0 Å². The molecule has 9 heteroatoms. The summed E-state index contributed by atoms with van der Waals surface area (Å²) in [7, 11) is -3.81. The number of fused-ring (bicyclic) bond motifs is 1. The minimum atomic E-state index is -3.81. The Morgan fingerprint density at radius 2 is 1.77 bits per heavy atom. The fraction of sp³-hybridized carbons (Fsp3) is 0.136. The number of aryl methyl sites for hydroxylation is 1. The largest absolute Gasteiger partial charge is 0.308 e. The molecular weight excluding hydrogens is 418 g/mol. The highest BCUT2D eigenvalue weighted by Crippen LogP contribution is 2.33. The van der Waals surface area contributed by atoms with Crippen LogP contribution in [0, 0.1) is 17.0 Å². The number of amides is 1. The second-order valence-electron chi connectivity index (χ2n) is 7.22. The third kappa shape index (κ3) is 3.99. The third-order valence-electron chi connectivity index (χ3n) is 5.22. The molecule has 0 atom stereocenters. The summed E-state index contributed by atoms with van der Waals surface area (Å²) in [5.41, 5.74) is 2.87. The van der Waals surface area contributed by atoms with Crippen molar-refractivity contribution < 1.29 is 18.1 Å². The molecule has 0 fully saturated rings. The number of rotatable bonds is 5. The zero-order chi connectivity index (χ0) is 22.2. The van der Waals surface area contributed by atoms with Crippen LogP contribution in [0.15, 0.2) is 71.6 Å². The van der Waals surface area contributed by atoms with Gasteiger partial charge >= 0.3 is 0 Å². The number of anilines is 2. The summed E-state index contributed by atoms with van der Waals surface area (Å²) in [4.78, 5) is 25.1. The van der Waals surface area contributed by atoms with Crippen LogP contribution >= 0.6 is 0 Å². The van der Waals surface area contributed by atoms with Crippen LogP contribution < -0.4 is 9.62 Å². The molecule has 8 nitrogen and oxygen atoms in total. The van der Waals surface area contributed by atoms with Gasteiger partial charge in [0.2, 0.25) is 0 Å². The minimum absolute atomic E-state index is 0.0322. The molecule has 0 bridgehead atoms. The lowest BCUT2D eigenvalue weighted by molar-refractivity contribution is -0.384. The Hall–Kier alpha value is -3.72. The van der Waals surface area contributed by atoms with E-state index in [2.05, 4.69) is 4.72 Å². The van der Waals surface area contributed by atoms with E-state index in [1.807, 2.05) is 6.07 Å². The Labute approximate surface area is 179 Å². The van der Waals surface area contributed by atoms with Crippen LogP contribution in [-0.2, 0) is 16.4 Å². The normalized spacial score (nSPS) is 13.0. The van der Waals surface area contributed by atoms with Gasteiger partial charge in [-0.05, 0) is 54.8 Å². The predicted octanol–water partition coefficient (Wildman–Crippen LogP) is 3.91. The highest BCUT2D eigenvalue weighted by atomic mass is 32.2. The van der Waals surface area contributed by atoms with Gasteiger partial charge in [-0.2, -0.15) is 0 Å². The van der Waals surface area contributed by atoms with Gasteiger partial charge in [-0.3, -0.25) is 19.6 Å². The van der Waals surface area contributed by atoms with Gasteiger partial charge in [-0.1, -0.05) is 24.3 Å². The fourth-order valence-electron chi connectivity index (χ4n) is 3.52. The van der Waals surface area contributed by atoms with E-state index >= 15 is 0 Å². The summed E-state index contributed by atoms with van der Waals surface area (Å²) >= 11 is 0.